The summed E-state index contributed by atoms with van der Waals surface area (Å²) in [7, 11) is 5.56. The van der Waals surface area contributed by atoms with Crippen LogP contribution < -0.4 is 10.6 Å². The number of nitrogens with two attached hydrogens (primary N) is 1. The van der Waals surface area contributed by atoms with Crippen molar-refractivity contribution in [2.75, 3.05) is 51.5 Å². The summed E-state index contributed by atoms with van der Waals surface area (Å²) in [5.74, 6) is -0.423. The second-order valence-corrected chi connectivity index (χ2v) is 5.93. The van der Waals surface area contributed by atoms with Crippen LogP contribution in [0.4, 0.5) is 11.4 Å². The fraction of sp³-hybridized carbons (Fsp3) is 0.529. The molecule has 6 heteroatoms. The highest BCUT2D eigenvalue weighted by Gasteiger charge is 2.27. The largest absolute Gasteiger partial charge is 0.465 e. The van der Waals surface area contributed by atoms with Crippen LogP contribution in [0.1, 0.15) is 29.3 Å². The van der Waals surface area contributed by atoms with E-state index in [-0.39, 0.29) is 0 Å². The molecular weight excluding hydrogens is 292 g/mol. The van der Waals surface area contributed by atoms with Gasteiger partial charge in [-0.1, -0.05) is 0 Å². The molecule has 2 N–H and O–H groups in total. The highest BCUT2D eigenvalue weighted by molar-refractivity contribution is 6.04. The Bertz CT molecular complexity index is 599. The lowest BCUT2D eigenvalue weighted by atomic mass is 10.0. The molecule has 0 aromatic heterocycles. The van der Waals surface area contributed by atoms with Crippen molar-refractivity contribution in [3.63, 3.8) is 0 Å². The first-order valence-electron chi connectivity index (χ1n) is 7.91. The standard InChI is InChI=1S/C17H26N4O2/c1-5-19-10-14-15(21-9-8-12(11-21)20(2)3)7-6-13(16(14)18)17(22)23-4/h6-7,10,12H,5,8-9,11,18H2,1-4H3. The predicted molar refractivity (Wildman–Crippen MR) is 94.6 cm³/mol. The second kappa shape index (κ2) is 7.46. The minimum Gasteiger partial charge on any atom is -0.465 e. The van der Waals surface area contributed by atoms with Gasteiger partial charge in [0.25, 0.3) is 0 Å². The summed E-state index contributed by atoms with van der Waals surface area (Å²) in [5.41, 5.74) is 8.88. The third kappa shape index (κ3) is 3.64. The Morgan fingerprint density at radius 3 is 2.83 bits per heavy atom. The highest BCUT2D eigenvalue weighted by atomic mass is 16.5. The number of carbonyl (C=O) groups excluding carboxylic acids is 1. The lowest BCUT2D eigenvalue weighted by molar-refractivity contribution is 0.0602. The number of hydrogen-bond donors (Lipinski definition) is 1. The highest BCUT2D eigenvalue weighted by Crippen LogP contribution is 2.31. The number of rotatable bonds is 5. The fourth-order valence-corrected chi connectivity index (χ4v) is 2.89. The number of anilines is 2. The average Bonchev–Trinajstić information content (AvgIpc) is 3.02. The molecule has 6 nitrogen and oxygen atoms in total. The van der Waals surface area contributed by atoms with Crippen molar-refractivity contribution in [2.24, 2.45) is 4.99 Å². The van der Waals surface area contributed by atoms with Crippen LogP contribution in [0.25, 0.3) is 0 Å². The topological polar surface area (TPSA) is 71.2 Å². The second-order valence-electron chi connectivity index (χ2n) is 5.93. The average molecular weight is 318 g/mol. The molecule has 0 aliphatic carbocycles. The number of nitrogens with zero attached hydrogens (tertiary/aromatic N) is 3. The van der Waals surface area contributed by atoms with Crippen LogP contribution in [-0.4, -0.2) is 64.0 Å². The van der Waals surface area contributed by atoms with E-state index in [4.69, 9.17) is 10.5 Å². The lowest BCUT2D eigenvalue weighted by Crippen LogP contribution is -2.31. The molecule has 1 aliphatic rings. The van der Waals surface area contributed by atoms with Crippen LogP contribution in [0.5, 0.6) is 0 Å². The lowest BCUT2D eigenvalue weighted by Gasteiger charge is -2.24. The maximum atomic E-state index is 11.9. The minimum absolute atomic E-state index is 0.386. The third-order valence-corrected chi connectivity index (χ3v) is 4.31. The number of nitrogen functional groups attached to an aromatic ring is 1. The van der Waals surface area contributed by atoms with E-state index in [1.54, 1.807) is 12.3 Å². The van der Waals surface area contributed by atoms with Crippen molar-refractivity contribution in [2.45, 2.75) is 19.4 Å². The zero-order chi connectivity index (χ0) is 17.0. The van der Waals surface area contributed by atoms with Crippen LogP contribution in [0.15, 0.2) is 17.1 Å². The molecule has 0 saturated carbocycles. The van der Waals surface area contributed by atoms with Gasteiger partial charge in [0.1, 0.15) is 0 Å². The minimum atomic E-state index is -0.423. The Hall–Kier alpha value is -2.08. The van der Waals surface area contributed by atoms with Crippen molar-refractivity contribution in [3.8, 4) is 0 Å². The Labute approximate surface area is 137 Å². The number of ether oxygens (including phenoxy) is 1. The number of likely N-dealkylation sites (N-methyl/N-ethyl adjacent to an activating group) is 1. The Kier molecular flexibility index (Phi) is 5.60. The van der Waals surface area contributed by atoms with Gasteiger partial charge in [0.15, 0.2) is 0 Å². The van der Waals surface area contributed by atoms with Gasteiger partial charge in [-0.15, -0.1) is 0 Å². The molecular formula is C17H26N4O2. The first-order chi connectivity index (χ1) is 11.0. The number of esters is 1. The van der Waals surface area contributed by atoms with Gasteiger partial charge >= 0.3 is 5.97 Å². The first kappa shape index (κ1) is 17.3. The summed E-state index contributed by atoms with van der Waals surface area (Å²) in [4.78, 5) is 20.7. The number of methoxy groups -OCH3 is 1. The van der Waals surface area contributed by atoms with Crippen LogP contribution in [0.3, 0.4) is 0 Å². The number of hydrogen-bond acceptors (Lipinski definition) is 6. The molecule has 1 heterocycles. The Morgan fingerprint density at radius 1 is 1.52 bits per heavy atom. The van der Waals surface area contributed by atoms with E-state index in [1.165, 1.54) is 7.11 Å². The van der Waals surface area contributed by atoms with Crippen molar-refractivity contribution >= 4 is 23.6 Å². The van der Waals surface area contributed by atoms with Gasteiger partial charge in [0.05, 0.1) is 18.4 Å². The predicted octanol–water partition coefficient (Wildman–Crippen LogP) is 1.63. The molecule has 1 saturated heterocycles. The van der Waals surface area contributed by atoms with Crippen molar-refractivity contribution in [1.29, 1.82) is 0 Å². The molecule has 1 aromatic rings. The normalized spacial score (nSPS) is 18.1. The monoisotopic (exact) mass is 318 g/mol. The molecule has 1 aromatic carbocycles. The summed E-state index contributed by atoms with van der Waals surface area (Å²) in [6.45, 7) is 4.54. The molecule has 0 radical (unpaired) electrons. The van der Waals surface area contributed by atoms with Crippen LogP contribution in [0.2, 0.25) is 0 Å². The molecule has 0 bridgehead atoms. The zero-order valence-electron chi connectivity index (χ0n) is 14.4. The zero-order valence-corrected chi connectivity index (χ0v) is 14.4. The van der Waals surface area contributed by atoms with E-state index < -0.39 is 5.97 Å². The maximum Gasteiger partial charge on any atom is 0.339 e. The van der Waals surface area contributed by atoms with Crippen molar-refractivity contribution in [1.82, 2.24) is 4.90 Å². The molecule has 23 heavy (non-hydrogen) atoms. The van der Waals surface area contributed by atoms with E-state index >= 15 is 0 Å². The molecule has 126 valence electrons. The summed E-state index contributed by atoms with van der Waals surface area (Å²) in [6, 6.07) is 4.20. The van der Waals surface area contributed by atoms with Crippen molar-refractivity contribution < 1.29 is 9.53 Å². The van der Waals surface area contributed by atoms with E-state index in [1.807, 2.05) is 13.0 Å². The molecule has 1 unspecified atom stereocenters. The maximum absolute atomic E-state index is 11.9. The smallest absolute Gasteiger partial charge is 0.339 e. The molecule has 0 amide bonds. The van der Waals surface area contributed by atoms with Crippen LogP contribution >= 0.6 is 0 Å². The van der Waals surface area contributed by atoms with Gasteiger partial charge in [-0.2, -0.15) is 0 Å². The van der Waals surface area contributed by atoms with Gasteiger partial charge in [0.2, 0.25) is 0 Å². The first-order valence-corrected chi connectivity index (χ1v) is 7.91. The summed E-state index contributed by atoms with van der Waals surface area (Å²) >= 11 is 0. The SMILES string of the molecule is CCN=Cc1c(N2CCC(N(C)C)C2)ccc(C(=O)OC)c1N. The molecule has 1 atom stereocenters. The summed E-state index contributed by atoms with van der Waals surface area (Å²) < 4.78 is 4.81. The summed E-state index contributed by atoms with van der Waals surface area (Å²) in [5, 5.41) is 0. The fourth-order valence-electron chi connectivity index (χ4n) is 2.89. The molecule has 1 fully saturated rings. The summed E-state index contributed by atoms with van der Waals surface area (Å²) in [6.07, 6.45) is 2.87. The van der Waals surface area contributed by atoms with E-state index in [9.17, 15) is 4.79 Å². The molecule has 0 spiro atoms. The van der Waals surface area contributed by atoms with E-state index in [0.717, 1.165) is 30.8 Å². The van der Waals surface area contributed by atoms with Crippen LogP contribution in [0, 0.1) is 0 Å². The number of benzene rings is 1. The van der Waals surface area contributed by atoms with Crippen LogP contribution in [-0.2, 0) is 4.74 Å². The third-order valence-electron chi connectivity index (χ3n) is 4.31. The van der Waals surface area contributed by atoms with Gasteiger partial charge in [-0.25, -0.2) is 4.79 Å². The Morgan fingerprint density at radius 2 is 2.26 bits per heavy atom. The number of carbonyl (C=O) groups is 1. The number of aliphatic imine (C=N–C) groups is 1. The van der Waals surface area contributed by atoms with E-state index in [2.05, 4.69) is 28.9 Å². The van der Waals surface area contributed by atoms with Gasteiger partial charge in [-0.3, -0.25) is 4.99 Å². The van der Waals surface area contributed by atoms with Gasteiger partial charge in [0, 0.05) is 43.1 Å². The van der Waals surface area contributed by atoms with Crippen molar-refractivity contribution in [3.05, 3.63) is 23.3 Å². The van der Waals surface area contributed by atoms with Gasteiger partial charge < -0.3 is 20.3 Å². The van der Waals surface area contributed by atoms with E-state index in [0.29, 0.717) is 23.8 Å². The Balaban J connectivity index is 2.41. The molecule has 2 rings (SSSR count). The molecule has 1 aliphatic heterocycles. The van der Waals surface area contributed by atoms with Gasteiger partial charge in [-0.05, 0) is 39.6 Å². The quantitative estimate of drug-likeness (QED) is 0.508.